The highest BCUT2D eigenvalue weighted by molar-refractivity contribution is 7.73. The number of nitrogens with zero attached hydrogens (tertiary/aromatic N) is 1. The molecule has 0 aliphatic carbocycles. The Labute approximate surface area is 142 Å². The second-order valence-corrected chi connectivity index (χ2v) is 6.56. The summed E-state index contributed by atoms with van der Waals surface area (Å²) in [6.45, 7) is 4.21. The maximum Gasteiger partial charge on any atom is 0.232 e. The molecule has 0 unspecified atom stereocenters. The molecule has 0 fully saturated rings. The number of benzene rings is 1. The van der Waals surface area contributed by atoms with Gasteiger partial charge in [-0.1, -0.05) is 23.0 Å². The Balaban J connectivity index is 1.95. The first kappa shape index (κ1) is 15.9. The molecule has 1 aromatic heterocycles. The van der Waals surface area contributed by atoms with Crippen LogP contribution >= 0.6 is 23.6 Å². The Morgan fingerprint density at radius 2 is 2.39 bits per heavy atom. The summed E-state index contributed by atoms with van der Waals surface area (Å²) in [5.74, 6) is 0.409. The van der Waals surface area contributed by atoms with Gasteiger partial charge in [0, 0.05) is 12.8 Å². The largest absolute Gasteiger partial charge is 0.460 e. The van der Waals surface area contributed by atoms with Crippen molar-refractivity contribution in [3.63, 3.8) is 0 Å². The predicted molar refractivity (Wildman–Crippen MR) is 90.6 cm³/mol. The summed E-state index contributed by atoms with van der Waals surface area (Å²) < 4.78 is 11.9. The zero-order valence-electron chi connectivity index (χ0n) is 12.6. The fourth-order valence-electron chi connectivity index (χ4n) is 2.21. The summed E-state index contributed by atoms with van der Waals surface area (Å²) in [4.78, 5) is 12.8. The number of nitrogens with one attached hydrogen (secondary N) is 2. The van der Waals surface area contributed by atoms with Crippen molar-refractivity contribution in [3.05, 3.63) is 45.1 Å². The number of carbonyl (C=O) groups is 1. The van der Waals surface area contributed by atoms with Gasteiger partial charge in [-0.25, -0.2) is 0 Å². The number of ether oxygens (including phenoxy) is 2. The van der Waals surface area contributed by atoms with Crippen molar-refractivity contribution in [1.82, 2.24) is 10.2 Å². The summed E-state index contributed by atoms with van der Waals surface area (Å²) in [7, 11) is 0. The molecule has 0 amide bonds. The lowest BCUT2D eigenvalue weighted by atomic mass is 9.98. The first-order valence-electron chi connectivity index (χ1n) is 7.04. The van der Waals surface area contributed by atoms with Crippen LogP contribution in [0.5, 0.6) is 5.75 Å². The summed E-state index contributed by atoms with van der Waals surface area (Å²) in [5.41, 5.74) is 1.92. The van der Waals surface area contributed by atoms with E-state index in [1.807, 2.05) is 26.0 Å². The first-order valence-corrected chi connectivity index (χ1v) is 8.26. The summed E-state index contributed by atoms with van der Waals surface area (Å²) >= 11 is 6.26. The third kappa shape index (κ3) is 3.34. The molecule has 8 heteroatoms. The molecule has 1 aliphatic heterocycles. The maximum absolute atomic E-state index is 12.8. The molecule has 3 rings (SSSR count). The summed E-state index contributed by atoms with van der Waals surface area (Å²) in [6, 6.07) is 5.50. The lowest BCUT2D eigenvalue weighted by Gasteiger charge is -2.27. The van der Waals surface area contributed by atoms with Crippen LogP contribution in [0, 0.1) is 10.9 Å². The Bertz CT molecular complexity index is 825. The molecular weight excluding hydrogens is 334 g/mol. The lowest BCUT2D eigenvalue weighted by molar-refractivity contribution is -0.0509. The SMILES string of the molecule is CCO[C@@H]1Oc2ccc(C)cc2C(=O)/C1=C/Nc1n[nH]c(=S)s1. The number of Topliss-reactive ketones (excluding diaryl/α,β-unsaturated/α-hetero) is 1. The van der Waals surface area contributed by atoms with Crippen LogP contribution in [0.4, 0.5) is 5.13 Å². The zero-order chi connectivity index (χ0) is 16.4. The molecule has 120 valence electrons. The van der Waals surface area contributed by atoms with Gasteiger partial charge in [-0.15, -0.1) is 5.10 Å². The van der Waals surface area contributed by atoms with E-state index in [4.69, 9.17) is 21.7 Å². The number of ketones is 1. The Hall–Kier alpha value is -2.03. The maximum atomic E-state index is 12.8. The van der Waals surface area contributed by atoms with Crippen molar-refractivity contribution >= 4 is 34.5 Å². The van der Waals surface area contributed by atoms with E-state index in [1.165, 1.54) is 11.3 Å². The molecule has 2 aromatic rings. The van der Waals surface area contributed by atoms with Crippen molar-refractivity contribution in [2.75, 3.05) is 11.9 Å². The normalized spacial score (nSPS) is 18.6. The number of carbonyl (C=O) groups excluding carboxylic acids is 1. The first-order chi connectivity index (χ1) is 11.1. The molecule has 0 spiro atoms. The van der Waals surface area contributed by atoms with E-state index in [2.05, 4.69) is 15.5 Å². The number of hydrogen-bond acceptors (Lipinski definition) is 7. The van der Waals surface area contributed by atoms with Gasteiger partial charge in [0.2, 0.25) is 11.4 Å². The predicted octanol–water partition coefficient (Wildman–Crippen LogP) is 3.44. The minimum atomic E-state index is -0.748. The second kappa shape index (κ2) is 6.61. The van der Waals surface area contributed by atoms with E-state index in [0.29, 0.717) is 32.6 Å². The molecule has 2 heterocycles. The highest BCUT2D eigenvalue weighted by Gasteiger charge is 2.32. The fourth-order valence-corrected chi connectivity index (χ4v) is 2.96. The molecule has 6 nitrogen and oxygen atoms in total. The lowest BCUT2D eigenvalue weighted by Crippen LogP contribution is -2.33. The van der Waals surface area contributed by atoms with Crippen molar-refractivity contribution in [2.45, 2.75) is 20.1 Å². The van der Waals surface area contributed by atoms with Gasteiger partial charge in [0.25, 0.3) is 0 Å². The third-order valence-electron chi connectivity index (χ3n) is 3.24. The van der Waals surface area contributed by atoms with Gasteiger partial charge >= 0.3 is 0 Å². The van der Waals surface area contributed by atoms with Gasteiger partial charge in [-0.05, 0) is 38.2 Å². The highest BCUT2D eigenvalue weighted by Crippen LogP contribution is 2.32. The molecule has 1 aliphatic rings. The van der Waals surface area contributed by atoms with Crippen LogP contribution in [0.15, 0.2) is 30.0 Å². The van der Waals surface area contributed by atoms with E-state index in [9.17, 15) is 4.79 Å². The van der Waals surface area contributed by atoms with Gasteiger partial charge in [-0.3, -0.25) is 9.89 Å². The van der Waals surface area contributed by atoms with Gasteiger partial charge in [0.05, 0.1) is 11.1 Å². The Kier molecular flexibility index (Phi) is 4.56. The van der Waals surface area contributed by atoms with E-state index in [1.54, 1.807) is 12.3 Å². The molecule has 1 atom stereocenters. The van der Waals surface area contributed by atoms with Gasteiger partial charge < -0.3 is 14.8 Å². The highest BCUT2D eigenvalue weighted by atomic mass is 32.1. The average molecular weight is 349 g/mol. The van der Waals surface area contributed by atoms with Crippen molar-refractivity contribution in [1.29, 1.82) is 0 Å². The Morgan fingerprint density at radius 3 is 3.09 bits per heavy atom. The second-order valence-electron chi connectivity index (χ2n) is 4.90. The minimum absolute atomic E-state index is 0.125. The molecule has 0 saturated heterocycles. The van der Waals surface area contributed by atoms with Crippen molar-refractivity contribution in [2.24, 2.45) is 0 Å². The number of aryl methyl sites for hydroxylation is 1. The number of aromatic nitrogens is 2. The van der Waals surface area contributed by atoms with Crippen LogP contribution in [0.2, 0.25) is 0 Å². The van der Waals surface area contributed by atoms with Crippen molar-refractivity contribution in [3.8, 4) is 5.75 Å². The van der Waals surface area contributed by atoms with Crippen LogP contribution in [0.1, 0.15) is 22.8 Å². The topological polar surface area (TPSA) is 76.2 Å². The van der Waals surface area contributed by atoms with Gasteiger partial charge in [-0.2, -0.15) is 0 Å². The zero-order valence-corrected chi connectivity index (χ0v) is 14.2. The molecule has 1 aromatic carbocycles. The number of rotatable bonds is 4. The molecule has 0 radical (unpaired) electrons. The van der Waals surface area contributed by atoms with Gasteiger partial charge in [0.1, 0.15) is 5.75 Å². The van der Waals surface area contributed by atoms with Crippen LogP contribution in [0.25, 0.3) is 0 Å². The molecule has 2 N–H and O–H groups in total. The molecular formula is C15H15N3O3S2. The van der Waals surface area contributed by atoms with E-state index in [-0.39, 0.29) is 5.78 Å². The molecule has 0 saturated carbocycles. The van der Waals surface area contributed by atoms with E-state index >= 15 is 0 Å². The number of aromatic amines is 1. The third-order valence-corrected chi connectivity index (χ3v) is 4.26. The fraction of sp³-hybridized carbons (Fsp3) is 0.267. The standard InChI is InChI=1S/C15H15N3O3S2/c1-3-20-13-10(7-16-14-17-18-15(22)23-14)12(19)9-6-8(2)4-5-11(9)21-13/h4-7,13H,3H2,1-2H3,(H,16,17)(H,18,22)/b10-7-/t13-/m1/s1. The van der Waals surface area contributed by atoms with Gasteiger partial charge in [0.15, 0.2) is 9.74 Å². The van der Waals surface area contributed by atoms with Crippen LogP contribution in [0.3, 0.4) is 0 Å². The summed E-state index contributed by atoms with van der Waals surface area (Å²) in [5, 5.41) is 10.2. The molecule has 0 bridgehead atoms. The quantitative estimate of drug-likeness (QED) is 0.650. The van der Waals surface area contributed by atoms with Crippen LogP contribution in [-0.2, 0) is 4.74 Å². The number of H-pyrrole nitrogens is 1. The summed E-state index contributed by atoms with van der Waals surface area (Å²) in [6.07, 6.45) is 0.817. The van der Waals surface area contributed by atoms with Crippen LogP contribution < -0.4 is 10.1 Å². The molecule has 23 heavy (non-hydrogen) atoms. The smallest absolute Gasteiger partial charge is 0.232 e. The van der Waals surface area contributed by atoms with Crippen molar-refractivity contribution < 1.29 is 14.3 Å². The number of hydrogen-bond donors (Lipinski definition) is 2. The van der Waals surface area contributed by atoms with Crippen LogP contribution in [-0.4, -0.2) is 28.9 Å². The van der Waals surface area contributed by atoms with E-state index in [0.717, 1.165) is 5.56 Å². The monoisotopic (exact) mass is 349 g/mol. The average Bonchev–Trinajstić information content (AvgIpc) is 2.94. The number of fused-ring (bicyclic) bond motifs is 1. The number of anilines is 1. The van der Waals surface area contributed by atoms with E-state index < -0.39 is 6.29 Å². The minimum Gasteiger partial charge on any atom is -0.460 e. The Morgan fingerprint density at radius 1 is 1.57 bits per heavy atom.